The van der Waals surface area contributed by atoms with E-state index >= 15 is 0 Å². The van der Waals surface area contributed by atoms with Crippen LogP contribution in [0.4, 0.5) is 0 Å². The molecule has 1 heterocycles. The van der Waals surface area contributed by atoms with Gasteiger partial charge in [-0.3, -0.25) is 9.59 Å². The van der Waals surface area contributed by atoms with E-state index in [0.717, 1.165) is 24.9 Å². The molecule has 1 aromatic rings. The Morgan fingerprint density at radius 2 is 1.82 bits per heavy atom. The first-order valence-electron chi connectivity index (χ1n) is 10.4. The van der Waals surface area contributed by atoms with Crippen molar-refractivity contribution in [2.24, 2.45) is 29.4 Å². The van der Waals surface area contributed by atoms with Crippen molar-refractivity contribution >= 4 is 24.2 Å². The molecule has 3 unspecified atom stereocenters. The molecular formula is C22H32ClN3O2. The second kappa shape index (κ2) is 9.27. The molecule has 0 radical (unpaired) electrons. The summed E-state index contributed by atoms with van der Waals surface area (Å²) < 4.78 is 0. The highest BCUT2D eigenvalue weighted by molar-refractivity contribution is 5.85. The normalized spacial score (nSPS) is 32.0. The van der Waals surface area contributed by atoms with E-state index in [1.165, 1.54) is 19.3 Å². The van der Waals surface area contributed by atoms with Crippen molar-refractivity contribution in [2.75, 3.05) is 13.1 Å². The molecule has 3 N–H and O–H groups in total. The van der Waals surface area contributed by atoms with Crippen LogP contribution in [0.5, 0.6) is 0 Å². The maximum absolute atomic E-state index is 12.7. The number of hydrogen-bond acceptors (Lipinski definition) is 3. The van der Waals surface area contributed by atoms with Gasteiger partial charge < -0.3 is 16.0 Å². The third kappa shape index (κ3) is 4.69. The fourth-order valence-corrected chi connectivity index (χ4v) is 5.34. The molecule has 28 heavy (non-hydrogen) atoms. The summed E-state index contributed by atoms with van der Waals surface area (Å²) in [7, 11) is 0. The molecule has 2 bridgehead atoms. The van der Waals surface area contributed by atoms with Crippen LogP contribution in [0.15, 0.2) is 30.3 Å². The third-order valence-electron chi connectivity index (χ3n) is 6.86. The molecule has 6 heteroatoms. The Bertz CT molecular complexity index is 670. The first-order valence-corrected chi connectivity index (χ1v) is 10.4. The van der Waals surface area contributed by atoms with E-state index in [0.29, 0.717) is 37.4 Å². The quantitative estimate of drug-likeness (QED) is 0.790. The Labute approximate surface area is 173 Å². The highest BCUT2D eigenvalue weighted by atomic mass is 35.5. The number of hydrogen-bond donors (Lipinski definition) is 2. The lowest BCUT2D eigenvalue weighted by Gasteiger charge is -2.43. The Morgan fingerprint density at radius 3 is 2.50 bits per heavy atom. The Kier molecular flexibility index (Phi) is 7.00. The smallest absolute Gasteiger partial charge is 0.223 e. The lowest BCUT2D eigenvalue weighted by atomic mass is 9.65. The molecule has 2 saturated carbocycles. The van der Waals surface area contributed by atoms with Crippen LogP contribution in [0.25, 0.3) is 0 Å². The predicted molar refractivity (Wildman–Crippen MR) is 112 cm³/mol. The van der Waals surface area contributed by atoms with Crippen molar-refractivity contribution in [2.45, 2.75) is 51.1 Å². The fourth-order valence-electron chi connectivity index (χ4n) is 5.34. The number of carbonyl (C=O) groups is 2. The van der Waals surface area contributed by atoms with E-state index in [-0.39, 0.29) is 36.1 Å². The summed E-state index contributed by atoms with van der Waals surface area (Å²) in [4.78, 5) is 26.9. The number of nitrogens with one attached hydrogen (secondary N) is 1. The van der Waals surface area contributed by atoms with Gasteiger partial charge in [0.1, 0.15) is 0 Å². The van der Waals surface area contributed by atoms with Crippen molar-refractivity contribution < 1.29 is 9.59 Å². The van der Waals surface area contributed by atoms with Gasteiger partial charge in [-0.25, -0.2) is 0 Å². The van der Waals surface area contributed by atoms with Gasteiger partial charge in [-0.05, 0) is 43.1 Å². The molecular weight excluding hydrogens is 374 g/mol. The highest BCUT2D eigenvalue weighted by Gasteiger charge is 2.40. The van der Waals surface area contributed by atoms with Crippen LogP contribution in [0.3, 0.4) is 0 Å². The van der Waals surface area contributed by atoms with E-state index in [4.69, 9.17) is 5.73 Å². The van der Waals surface area contributed by atoms with Crippen LogP contribution in [0.1, 0.15) is 44.1 Å². The predicted octanol–water partition coefficient (Wildman–Crippen LogP) is 2.73. The summed E-state index contributed by atoms with van der Waals surface area (Å²) in [6, 6.07) is 10.4. The molecule has 4 rings (SSSR count). The lowest BCUT2D eigenvalue weighted by molar-refractivity contribution is -0.129. The van der Waals surface area contributed by atoms with E-state index < -0.39 is 0 Å². The van der Waals surface area contributed by atoms with Gasteiger partial charge in [0.25, 0.3) is 0 Å². The van der Waals surface area contributed by atoms with Crippen LogP contribution < -0.4 is 11.1 Å². The molecule has 5 nitrogen and oxygen atoms in total. The number of nitrogens with zero attached hydrogens (tertiary/aromatic N) is 1. The maximum Gasteiger partial charge on any atom is 0.223 e. The van der Waals surface area contributed by atoms with Crippen molar-refractivity contribution in [1.29, 1.82) is 0 Å². The van der Waals surface area contributed by atoms with E-state index in [2.05, 4.69) is 5.32 Å². The van der Waals surface area contributed by atoms with Crippen molar-refractivity contribution in [3.63, 3.8) is 0 Å². The number of likely N-dealkylation sites (tertiary alicyclic amines) is 1. The van der Waals surface area contributed by atoms with E-state index in [9.17, 15) is 9.59 Å². The number of halogens is 1. The molecule has 154 valence electrons. The molecule has 1 aromatic carbocycles. The van der Waals surface area contributed by atoms with Crippen LogP contribution >= 0.6 is 12.4 Å². The minimum atomic E-state index is 0. The second-order valence-electron chi connectivity index (χ2n) is 8.77. The van der Waals surface area contributed by atoms with Gasteiger partial charge >= 0.3 is 0 Å². The van der Waals surface area contributed by atoms with Gasteiger partial charge in [0.05, 0.1) is 0 Å². The standard InChI is InChI=1S/C22H31N3O2.ClH/c23-21-17-7-4-8-18(21)11-19(10-17)22(27)24-12-16-9-20(26)25(14-16)13-15-5-2-1-3-6-15;/h1-3,5-6,16-19,21H,4,7-14,23H2,(H,24,27);1H. The molecule has 1 saturated heterocycles. The zero-order valence-corrected chi connectivity index (χ0v) is 17.2. The van der Waals surface area contributed by atoms with Gasteiger partial charge in [0.15, 0.2) is 0 Å². The summed E-state index contributed by atoms with van der Waals surface area (Å²) >= 11 is 0. The van der Waals surface area contributed by atoms with E-state index in [1.807, 2.05) is 35.2 Å². The maximum atomic E-state index is 12.7. The first-order chi connectivity index (χ1) is 13.1. The Hall–Kier alpha value is -1.59. The average molecular weight is 406 g/mol. The van der Waals surface area contributed by atoms with Gasteiger partial charge in [-0.2, -0.15) is 0 Å². The molecule has 1 aliphatic heterocycles. The molecule has 3 fully saturated rings. The van der Waals surface area contributed by atoms with Gasteiger partial charge in [-0.15, -0.1) is 12.4 Å². The lowest BCUT2D eigenvalue weighted by Crippen LogP contribution is -2.49. The number of fused-ring (bicyclic) bond motifs is 2. The molecule has 0 spiro atoms. The zero-order valence-electron chi connectivity index (χ0n) is 16.4. The summed E-state index contributed by atoms with van der Waals surface area (Å²) in [5.74, 6) is 1.72. The van der Waals surface area contributed by atoms with Gasteiger partial charge in [0.2, 0.25) is 11.8 Å². The number of benzene rings is 1. The fraction of sp³-hybridized carbons (Fsp3) is 0.636. The van der Waals surface area contributed by atoms with Crippen molar-refractivity contribution in [3.05, 3.63) is 35.9 Å². The average Bonchev–Trinajstić information content (AvgIpc) is 3.00. The van der Waals surface area contributed by atoms with Crippen molar-refractivity contribution in [1.82, 2.24) is 10.2 Å². The van der Waals surface area contributed by atoms with Crippen LogP contribution in [0.2, 0.25) is 0 Å². The number of nitrogens with two attached hydrogens (primary N) is 1. The molecule has 0 aromatic heterocycles. The number of rotatable bonds is 5. The Morgan fingerprint density at radius 1 is 1.14 bits per heavy atom. The van der Waals surface area contributed by atoms with Crippen LogP contribution in [0, 0.1) is 23.7 Å². The van der Waals surface area contributed by atoms with Gasteiger partial charge in [0, 0.05) is 43.9 Å². The first kappa shape index (κ1) is 21.1. The SMILES string of the molecule is Cl.NC1C2CCCC1CC(C(=O)NCC1CC(=O)N(Cc3ccccc3)C1)C2. The number of amides is 2. The number of carbonyl (C=O) groups excluding carboxylic acids is 2. The molecule has 2 aliphatic carbocycles. The second-order valence-corrected chi connectivity index (χ2v) is 8.77. The molecule has 3 aliphatic rings. The molecule has 2 amide bonds. The molecule has 3 atom stereocenters. The monoisotopic (exact) mass is 405 g/mol. The summed E-state index contributed by atoms with van der Waals surface area (Å²) in [6.45, 7) is 2.00. The van der Waals surface area contributed by atoms with Gasteiger partial charge in [-0.1, -0.05) is 36.8 Å². The minimum Gasteiger partial charge on any atom is -0.356 e. The summed E-state index contributed by atoms with van der Waals surface area (Å²) in [6.07, 6.45) is 6.02. The third-order valence-corrected chi connectivity index (χ3v) is 6.86. The summed E-state index contributed by atoms with van der Waals surface area (Å²) in [5.41, 5.74) is 7.49. The minimum absolute atomic E-state index is 0. The zero-order chi connectivity index (χ0) is 18.8. The van der Waals surface area contributed by atoms with Crippen LogP contribution in [-0.4, -0.2) is 35.8 Å². The Balaban J connectivity index is 0.00000225. The highest BCUT2D eigenvalue weighted by Crippen LogP contribution is 2.41. The van der Waals surface area contributed by atoms with E-state index in [1.54, 1.807) is 0 Å². The van der Waals surface area contributed by atoms with Crippen LogP contribution in [-0.2, 0) is 16.1 Å². The van der Waals surface area contributed by atoms with Crippen molar-refractivity contribution in [3.8, 4) is 0 Å². The largest absolute Gasteiger partial charge is 0.356 e. The topological polar surface area (TPSA) is 75.4 Å². The summed E-state index contributed by atoms with van der Waals surface area (Å²) in [5, 5.41) is 3.14.